The Morgan fingerprint density at radius 2 is 2.39 bits per heavy atom. The number of hydrogen-bond donors (Lipinski definition) is 1. The summed E-state index contributed by atoms with van der Waals surface area (Å²) in [5.41, 5.74) is 1.32. The lowest BCUT2D eigenvalue weighted by atomic mass is 10.1. The van der Waals surface area contributed by atoms with Crippen LogP contribution in [0.3, 0.4) is 0 Å². The van der Waals surface area contributed by atoms with Crippen molar-refractivity contribution in [1.82, 2.24) is 15.2 Å². The van der Waals surface area contributed by atoms with Gasteiger partial charge in [0.05, 0.1) is 0 Å². The molecule has 1 atom stereocenters. The molecule has 1 aliphatic rings. The molecule has 0 saturated carbocycles. The van der Waals surface area contributed by atoms with Crippen molar-refractivity contribution in [3.05, 3.63) is 30.1 Å². The van der Waals surface area contributed by atoms with Gasteiger partial charge >= 0.3 is 0 Å². The number of likely N-dealkylation sites (tertiary alicyclic amines) is 1. The molecule has 1 aromatic rings. The van der Waals surface area contributed by atoms with Gasteiger partial charge in [-0.2, -0.15) is 0 Å². The molecule has 1 aromatic heterocycles. The van der Waals surface area contributed by atoms with Crippen LogP contribution in [0.1, 0.15) is 25.8 Å². The van der Waals surface area contributed by atoms with E-state index in [1.54, 1.807) is 0 Å². The third-order valence-corrected chi connectivity index (χ3v) is 3.79. The van der Waals surface area contributed by atoms with E-state index in [2.05, 4.69) is 35.1 Å². The Kier molecular flexibility index (Phi) is 5.14. The van der Waals surface area contributed by atoms with Crippen molar-refractivity contribution in [3.8, 4) is 0 Å². The van der Waals surface area contributed by atoms with Gasteiger partial charge < -0.3 is 10.2 Å². The summed E-state index contributed by atoms with van der Waals surface area (Å²) in [5, 5.41) is 3.58. The number of hydrogen-bond acceptors (Lipinski definition) is 3. The standard InChI is InChI=1S/C15H25N3/c1-13(2)18-9-6-15(12-18)11-17-8-5-14-4-3-7-16-10-14/h3-4,7,10,13,15,17H,5-6,8-9,11-12H2,1-2H3. The topological polar surface area (TPSA) is 28.2 Å². The molecule has 1 N–H and O–H groups in total. The number of nitrogens with zero attached hydrogens (tertiary/aromatic N) is 2. The van der Waals surface area contributed by atoms with Crippen LogP contribution in [-0.4, -0.2) is 42.1 Å². The van der Waals surface area contributed by atoms with E-state index in [1.165, 1.54) is 25.1 Å². The highest BCUT2D eigenvalue weighted by Gasteiger charge is 2.23. The van der Waals surface area contributed by atoms with E-state index in [-0.39, 0.29) is 0 Å². The predicted molar refractivity (Wildman–Crippen MR) is 75.6 cm³/mol. The van der Waals surface area contributed by atoms with Crippen molar-refractivity contribution in [3.63, 3.8) is 0 Å². The number of rotatable bonds is 6. The first-order chi connectivity index (χ1) is 8.75. The fourth-order valence-electron chi connectivity index (χ4n) is 2.58. The molecule has 0 spiro atoms. The largest absolute Gasteiger partial charge is 0.316 e. The van der Waals surface area contributed by atoms with Crippen molar-refractivity contribution in [1.29, 1.82) is 0 Å². The van der Waals surface area contributed by atoms with E-state index < -0.39 is 0 Å². The Balaban J connectivity index is 1.59. The van der Waals surface area contributed by atoms with Gasteiger partial charge in [-0.3, -0.25) is 4.98 Å². The number of pyridine rings is 1. The minimum Gasteiger partial charge on any atom is -0.316 e. The Labute approximate surface area is 111 Å². The highest BCUT2D eigenvalue weighted by molar-refractivity contribution is 5.08. The van der Waals surface area contributed by atoms with Gasteiger partial charge in [-0.05, 0) is 63.9 Å². The summed E-state index contributed by atoms with van der Waals surface area (Å²) < 4.78 is 0. The second-order valence-corrected chi connectivity index (χ2v) is 5.56. The Morgan fingerprint density at radius 3 is 3.06 bits per heavy atom. The van der Waals surface area contributed by atoms with Gasteiger partial charge in [0.15, 0.2) is 0 Å². The van der Waals surface area contributed by atoms with Crippen LogP contribution >= 0.6 is 0 Å². The maximum absolute atomic E-state index is 4.14. The molecule has 3 heteroatoms. The van der Waals surface area contributed by atoms with Crippen LogP contribution in [0, 0.1) is 5.92 Å². The van der Waals surface area contributed by atoms with Crippen LogP contribution in [0.4, 0.5) is 0 Å². The predicted octanol–water partition coefficient (Wildman–Crippen LogP) is 1.94. The molecular formula is C15H25N3. The molecule has 0 amide bonds. The molecule has 0 aliphatic carbocycles. The van der Waals surface area contributed by atoms with Gasteiger partial charge in [0.1, 0.15) is 0 Å². The first-order valence-electron chi connectivity index (χ1n) is 7.09. The van der Waals surface area contributed by atoms with Gasteiger partial charge in [-0.25, -0.2) is 0 Å². The lowest BCUT2D eigenvalue weighted by molar-refractivity contribution is 0.264. The van der Waals surface area contributed by atoms with Gasteiger partial charge in [0.2, 0.25) is 0 Å². The smallest absolute Gasteiger partial charge is 0.0300 e. The van der Waals surface area contributed by atoms with E-state index in [4.69, 9.17) is 0 Å². The average molecular weight is 247 g/mol. The summed E-state index contributed by atoms with van der Waals surface area (Å²) in [5.74, 6) is 0.835. The Bertz CT molecular complexity index is 337. The zero-order chi connectivity index (χ0) is 12.8. The zero-order valence-corrected chi connectivity index (χ0v) is 11.6. The fourth-order valence-corrected chi connectivity index (χ4v) is 2.58. The van der Waals surface area contributed by atoms with E-state index >= 15 is 0 Å². The second-order valence-electron chi connectivity index (χ2n) is 5.56. The van der Waals surface area contributed by atoms with Crippen molar-refractivity contribution in [2.45, 2.75) is 32.7 Å². The first kappa shape index (κ1) is 13.5. The highest BCUT2D eigenvalue weighted by Crippen LogP contribution is 2.17. The molecule has 1 unspecified atom stereocenters. The molecule has 2 heterocycles. The SMILES string of the molecule is CC(C)N1CCC(CNCCc2cccnc2)C1. The lowest BCUT2D eigenvalue weighted by Gasteiger charge is -2.20. The van der Waals surface area contributed by atoms with Crippen molar-refractivity contribution in [2.24, 2.45) is 5.92 Å². The van der Waals surface area contributed by atoms with E-state index in [0.29, 0.717) is 6.04 Å². The minimum absolute atomic E-state index is 0.699. The maximum Gasteiger partial charge on any atom is 0.0300 e. The van der Waals surface area contributed by atoms with Crippen LogP contribution < -0.4 is 5.32 Å². The molecule has 2 rings (SSSR count). The minimum atomic E-state index is 0.699. The molecule has 3 nitrogen and oxygen atoms in total. The molecule has 0 aromatic carbocycles. The summed E-state index contributed by atoms with van der Waals surface area (Å²) >= 11 is 0. The van der Waals surface area contributed by atoms with Gasteiger partial charge in [-0.15, -0.1) is 0 Å². The normalized spacial score (nSPS) is 20.7. The second kappa shape index (κ2) is 6.86. The molecule has 1 saturated heterocycles. The van der Waals surface area contributed by atoms with Crippen molar-refractivity contribution >= 4 is 0 Å². The summed E-state index contributed by atoms with van der Waals surface area (Å²) in [7, 11) is 0. The van der Waals surface area contributed by atoms with E-state index in [0.717, 1.165) is 25.4 Å². The monoisotopic (exact) mass is 247 g/mol. The Morgan fingerprint density at radius 1 is 1.50 bits per heavy atom. The molecule has 0 bridgehead atoms. The molecular weight excluding hydrogens is 222 g/mol. The van der Waals surface area contributed by atoms with Gasteiger partial charge in [0, 0.05) is 25.0 Å². The summed E-state index contributed by atoms with van der Waals surface area (Å²) in [6.45, 7) is 9.33. The molecule has 1 aliphatic heterocycles. The summed E-state index contributed by atoms with van der Waals surface area (Å²) in [6, 6.07) is 4.85. The van der Waals surface area contributed by atoms with Crippen LogP contribution in [0.25, 0.3) is 0 Å². The first-order valence-corrected chi connectivity index (χ1v) is 7.09. The van der Waals surface area contributed by atoms with Crippen LogP contribution in [0.2, 0.25) is 0 Å². The maximum atomic E-state index is 4.14. The summed E-state index contributed by atoms with van der Waals surface area (Å²) in [6.07, 6.45) is 6.21. The van der Waals surface area contributed by atoms with Gasteiger partial charge in [-0.1, -0.05) is 6.07 Å². The highest BCUT2D eigenvalue weighted by atomic mass is 15.2. The third kappa shape index (κ3) is 4.07. The van der Waals surface area contributed by atoms with E-state index in [9.17, 15) is 0 Å². The molecule has 100 valence electrons. The van der Waals surface area contributed by atoms with Crippen LogP contribution in [-0.2, 0) is 6.42 Å². The van der Waals surface area contributed by atoms with E-state index in [1.807, 2.05) is 18.5 Å². The molecule has 0 radical (unpaired) electrons. The fraction of sp³-hybridized carbons (Fsp3) is 0.667. The van der Waals surface area contributed by atoms with Gasteiger partial charge in [0.25, 0.3) is 0 Å². The van der Waals surface area contributed by atoms with Crippen LogP contribution in [0.5, 0.6) is 0 Å². The number of aromatic nitrogens is 1. The van der Waals surface area contributed by atoms with Crippen LogP contribution in [0.15, 0.2) is 24.5 Å². The van der Waals surface area contributed by atoms with Crippen molar-refractivity contribution in [2.75, 3.05) is 26.2 Å². The lowest BCUT2D eigenvalue weighted by Crippen LogP contribution is -2.31. The third-order valence-electron chi connectivity index (χ3n) is 3.79. The average Bonchev–Trinajstić information content (AvgIpc) is 2.85. The quantitative estimate of drug-likeness (QED) is 0.779. The molecule has 1 fully saturated rings. The zero-order valence-electron chi connectivity index (χ0n) is 11.6. The molecule has 18 heavy (non-hydrogen) atoms. The Hall–Kier alpha value is -0.930. The number of nitrogens with one attached hydrogen (secondary N) is 1. The summed E-state index contributed by atoms with van der Waals surface area (Å²) in [4.78, 5) is 6.71. The van der Waals surface area contributed by atoms with Crippen molar-refractivity contribution < 1.29 is 0 Å².